The maximum atomic E-state index is 5.47. The fraction of sp³-hybridized carbons (Fsp3) is 0.125. The molecular formula is C16H16BrNO. The normalized spacial score (nSPS) is 14.8. The summed E-state index contributed by atoms with van der Waals surface area (Å²) in [6, 6.07) is 8.01. The summed E-state index contributed by atoms with van der Waals surface area (Å²) in [7, 11) is 2.00. The third-order valence-corrected chi connectivity index (χ3v) is 3.67. The largest absolute Gasteiger partial charge is 0.490 e. The number of nitrogens with zero attached hydrogens (tertiary/aromatic N) is 1. The zero-order valence-corrected chi connectivity index (χ0v) is 12.5. The first-order chi connectivity index (χ1) is 9.13. The highest BCUT2D eigenvalue weighted by atomic mass is 79.9. The molecule has 1 heterocycles. The molecule has 0 saturated carbocycles. The molecule has 98 valence electrons. The molecule has 0 saturated heterocycles. The van der Waals surface area contributed by atoms with Gasteiger partial charge in [-0.25, -0.2) is 0 Å². The van der Waals surface area contributed by atoms with E-state index in [0.29, 0.717) is 6.61 Å². The van der Waals surface area contributed by atoms with Crippen molar-refractivity contribution in [3.05, 3.63) is 71.4 Å². The van der Waals surface area contributed by atoms with Crippen molar-refractivity contribution >= 4 is 21.6 Å². The van der Waals surface area contributed by atoms with Gasteiger partial charge in [0.05, 0.1) is 0 Å². The molecule has 0 aromatic heterocycles. The Morgan fingerprint density at radius 3 is 2.58 bits per heavy atom. The number of ether oxygens (including phenoxy) is 1. The van der Waals surface area contributed by atoms with E-state index in [1.807, 2.05) is 37.4 Å². The summed E-state index contributed by atoms with van der Waals surface area (Å²) in [5.41, 5.74) is 3.19. The van der Waals surface area contributed by atoms with Gasteiger partial charge in [-0.2, -0.15) is 0 Å². The van der Waals surface area contributed by atoms with Crippen molar-refractivity contribution in [2.45, 2.75) is 0 Å². The Morgan fingerprint density at radius 1 is 1.26 bits per heavy atom. The van der Waals surface area contributed by atoms with E-state index in [1.54, 1.807) is 6.08 Å². The molecule has 2 nitrogen and oxygen atoms in total. The highest BCUT2D eigenvalue weighted by molar-refractivity contribution is 9.12. The number of likely N-dealkylation sites (N-methyl/N-ethyl adjacent to an activating group) is 1. The molecule has 0 atom stereocenters. The van der Waals surface area contributed by atoms with Gasteiger partial charge in [-0.3, -0.25) is 0 Å². The average Bonchev–Trinajstić information content (AvgIpc) is 2.44. The second-order valence-corrected chi connectivity index (χ2v) is 5.05. The first kappa shape index (κ1) is 13.7. The molecule has 1 aliphatic heterocycles. The van der Waals surface area contributed by atoms with Gasteiger partial charge in [0.25, 0.3) is 0 Å². The molecule has 0 amide bonds. The molecule has 0 radical (unpaired) electrons. The molecule has 0 spiro atoms. The lowest BCUT2D eigenvalue weighted by Gasteiger charge is -2.27. The van der Waals surface area contributed by atoms with E-state index in [0.717, 1.165) is 27.2 Å². The van der Waals surface area contributed by atoms with Gasteiger partial charge in [-0.15, -0.1) is 0 Å². The minimum Gasteiger partial charge on any atom is -0.490 e. The summed E-state index contributed by atoms with van der Waals surface area (Å²) in [6.07, 6.45) is 5.82. The molecule has 1 aliphatic rings. The van der Waals surface area contributed by atoms with Gasteiger partial charge in [-0.05, 0) is 57.9 Å². The van der Waals surface area contributed by atoms with Crippen LogP contribution in [-0.2, 0) is 0 Å². The summed E-state index contributed by atoms with van der Waals surface area (Å²) >= 11 is 3.48. The van der Waals surface area contributed by atoms with E-state index in [1.165, 1.54) is 0 Å². The van der Waals surface area contributed by atoms with Crippen molar-refractivity contribution in [2.75, 3.05) is 13.7 Å². The minimum atomic E-state index is 0.522. The number of halogens is 1. The van der Waals surface area contributed by atoms with Crippen molar-refractivity contribution in [3.63, 3.8) is 0 Å². The Kier molecular flexibility index (Phi) is 4.27. The van der Waals surface area contributed by atoms with Crippen LogP contribution in [0.3, 0.4) is 0 Å². The number of benzene rings is 1. The van der Waals surface area contributed by atoms with E-state index in [-0.39, 0.29) is 0 Å². The van der Waals surface area contributed by atoms with Crippen LogP contribution in [0, 0.1) is 0 Å². The van der Waals surface area contributed by atoms with Crippen molar-refractivity contribution in [3.8, 4) is 5.75 Å². The van der Waals surface area contributed by atoms with E-state index in [2.05, 4.69) is 40.1 Å². The Balaban J connectivity index is 2.23. The maximum Gasteiger partial charge on any atom is 0.119 e. The molecule has 0 fully saturated rings. The smallest absolute Gasteiger partial charge is 0.119 e. The molecule has 0 unspecified atom stereocenters. The molecule has 1 aromatic rings. The Hall–Kier alpha value is -1.74. The molecule has 0 bridgehead atoms. The maximum absolute atomic E-state index is 5.47. The van der Waals surface area contributed by atoms with E-state index in [9.17, 15) is 0 Å². The van der Waals surface area contributed by atoms with Gasteiger partial charge >= 0.3 is 0 Å². The number of rotatable bonds is 4. The number of hydrogen-bond donors (Lipinski definition) is 0. The number of allylic oxidation sites excluding steroid dienone is 3. The lowest BCUT2D eigenvalue weighted by Crippen LogP contribution is -2.17. The van der Waals surface area contributed by atoms with Crippen LogP contribution in [0.1, 0.15) is 5.56 Å². The van der Waals surface area contributed by atoms with Crippen LogP contribution in [0.5, 0.6) is 5.75 Å². The van der Waals surface area contributed by atoms with E-state index < -0.39 is 0 Å². The highest BCUT2D eigenvalue weighted by Gasteiger charge is 2.15. The average molecular weight is 318 g/mol. The lowest BCUT2D eigenvalue weighted by atomic mass is 10.1. The van der Waals surface area contributed by atoms with Crippen molar-refractivity contribution in [1.82, 2.24) is 4.90 Å². The minimum absolute atomic E-state index is 0.522. The van der Waals surface area contributed by atoms with Crippen molar-refractivity contribution in [1.29, 1.82) is 0 Å². The standard InChI is InChI=1S/C16H16BrNO/c1-4-11-19-14-7-5-13(6-8-14)16-10-9-15(17)12(2)18(16)3/h4-10H,1-2,11H2,3H3. The first-order valence-corrected chi connectivity index (χ1v) is 6.77. The summed E-state index contributed by atoms with van der Waals surface area (Å²) in [5.74, 6) is 0.846. The monoisotopic (exact) mass is 317 g/mol. The second kappa shape index (κ2) is 5.93. The van der Waals surface area contributed by atoms with Gasteiger partial charge in [0.15, 0.2) is 0 Å². The molecule has 1 aromatic carbocycles. The fourth-order valence-electron chi connectivity index (χ4n) is 1.83. The molecule has 3 heteroatoms. The predicted molar refractivity (Wildman–Crippen MR) is 84.0 cm³/mol. The van der Waals surface area contributed by atoms with Gasteiger partial charge in [0.2, 0.25) is 0 Å². The predicted octanol–water partition coefficient (Wildman–Crippen LogP) is 4.33. The lowest BCUT2D eigenvalue weighted by molar-refractivity contribution is 0.363. The number of hydrogen-bond acceptors (Lipinski definition) is 2. The van der Waals surface area contributed by atoms with E-state index >= 15 is 0 Å². The summed E-state index contributed by atoms with van der Waals surface area (Å²) in [6.45, 7) is 8.20. The van der Waals surface area contributed by atoms with Crippen LogP contribution >= 0.6 is 15.9 Å². The summed E-state index contributed by atoms with van der Waals surface area (Å²) in [4.78, 5) is 2.06. The van der Waals surface area contributed by atoms with Crippen LogP contribution in [0.4, 0.5) is 0 Å². The van der Waals surface area contributed by atoms with Gasteiger partial charge in [0, 0.05) is 22.9 Å². The zero-order chi connectivity index (χ0) is 13.8. The van der Waals surface area contributed by atoms with Crippen molar-refractivity contribution < 1.29 is 4.74 Å². The third kappa shape index (κ3) is 2.99. The summed E-state index contributed by atoms with van der Waals surface area (Å²) < 4.78 is 6.48. The molecule has 0 N–H and O–H groups in total. The van der Waals surface area contributed by atoms with Crippen molar-refractivity contribution in [2.24, 2.45) is 0 Å². The van der Waals surface area contributed by atoms with Crippen LogP contribution < -0.4 is 4.74 Å². The van der Waals surface area contributed by atoms with Crippen LogP contribution in [0.15, 0.2) is 65.8 Å². The van der Waals surface area contributed by atoms with Crippen LogP contribution in [0.25, 0.3) is 5.70 Å². The van der Waals surface area contributed by atoms with Crippen LogP contribution in [-0.4, -0.2) is 18.6 Å². The Bertz CT molecular complexity index is 555. The van der Waals surface area contributed by atoms with Crippen LogP contribution in [0.2, 0.25) is 0 Å². The fourth-order valence-corrected chi connectivity index (χ4v) is 2.23. The quantitative estimate of drug-likeness (QED) is 0.766. The first-order valence-electron chi connectivity index (χ1n) is 5.98. The third-order valence-electron chi connectivity index (χ3n) is 2.95. The zero-order valence-electron chi connectivity index (χ0n) is 10.9. The highest BCUT2D eigenvalue weighted by Crippen LogP contribution is 2.32. The Morgan fingerprint density at radius 2 is 1.95 bits per heavy atom. The van der Waals surface area contributed by atoms with Gasteiger partial charge < -0.3 is 9.64 Å². The van der Waals surface area contributed by atoms with Gasteiger partial charge in [-0.1, -0.05) is 19.2 Å². The van der Waals surface area contributed by atoms with Gasteiger partial charge in [0.1, 0.15) is 12.4 Å². The summed E-state index contributed by atoms with van der Waals surface area (Å²) in [5, 5.41) is 0. The SMILES string of the molecule is C=CCOc1ccc(C2=CC=C(Br)C(=C)N2C)cc1. The Labute approximate surface area is 122 Å². The molecular weight excluding hydrogens is 302 g/mol. The van der Waals surface area contributed by atoms with E-state index in [4.69, 9.17) is 4.74 Å². The molecule has 2 rings (SSSR count). The topological polar surface area (TPSA) is 12.5 Å². The molecule has 19 heavy (non-hydrogen) atoms. The molecule has 0 aliphatic carbocycles. The second-order valence-electron chi connectivity index (χ2n) is 4.20.